The summed E-state index contributed by atoms with van der Waals surface area (Å²) in [7, 11) is 3.86. The Morgan fingerprint density at radius 1 is 1.22 bits per heavy atom. The van der Waals surface area contributed by atoms with Crippen LogP contribution in [0.5, 0.6) is 0 Å². The molecule has 3 aliphatic carbocycles. The summed E-state index contributed by atoms with van der Waals surface area (Å²) in [5, 5.41) is 12.2. The first kappa shape index (κ1) is 16.8. The number of methoxy groups -OCH3 is 1. The lowest BCUT2D eigenvalue weighted by atomic mass is 9.43. The molecule has 0 amide bonds. The van der Waals surface area contributed by atoms with Crippen LogP contribution in [0.3, 0.4) is 0 Å². The van der Waals surface area contributed by atoms with Crippen LogP contribution >= 0.6 is 0 Å². The van der Waals surface area contributed by atoms with E-state index in [1.54, 1.807) is 7.11 Å². The average molecular weight is 375 g/mol. The third-order valence-electron chi connectivity index (χ3n) is 8.43. The minimum atomic E-state index is -0.785. The zero-order valence-corrected chi connectivity index (χ0v) is 16.1. The molecule has 3 saturated heterocycles. The largest absolute Gasteiger partial charge is 0.493 e. The number of likely N-dealkylation sites (tertiary alicyclic amines) is 1. The predicted octanol–water partition coefficient (Wildman–Crippen LogP) is 1.80. The van der Waals surface area contributed by atoms with Crippen LogP contribution in [-0.4, -0.2) is 67.5 Å². The van der Waals surface area contributed by atoms with Crippen molar-refractivity contribution in [3.05, 3.63) is 23.7 Å². The molecule has 6 nitrogen and oxygen atoms in total. The van der Waals surface area contributed by atoms with Gasteiger partial charge in [0.25, 0.3) is 0 Å². The van der Waals surface area contributed by atoms with E-state index in [2.05, 4.69) is 24.1 Å². The minimum Gasteiger partial charge on any atom is -0.493 e. The number of nitrogens with zero attached hydrogens (tertiary/aromatic N) is 1. The molecule has 2 spiro atoms. The number of ether oxygens (including phenoxy) is 4. The summed E-state index contributed by atoms with van der Waals surface area (Å²) in [6, 6.07) is 0.146. The van der Waals surface area contributed by atoms with Gasteiger partial charge < -0.3 is 29.0 Å². The van der Waals surface area contributed by atoms with Crippen LogP contribution in [0.1, 0.15) is 32.1 Å². The molecule has 3 aliphatic heterocycles. The van der Waals surface area contributed by atoms with Crippen molar-refractivity contribution >= 4 is 0 Å². The summed E-state index contributed by atoms with van der Waals surface area (Å²) in [5.74, 6) is 1.47. The number of fused-ring (bicyclic) bond motifs is 1. The third kappa shape index (κ3) is 1.77. The van der Waals surface area contributed by atoms with Crippen molar-refractivity contribution in [1.29, 1.82) is 0 Å². The fraction of sp³-hybridized carbons (Fsp3) is 0.810. The van der Waals surface area contributed by atoms with Crippen molar-refractivity contribution in [1.82, 2.24) is 4.90 Å². The summed E-state index contributed by atoms with van der Waals surface area (Å²) in [4.78, 5) is 2.36. The summed E-state index contributed by atoms with van der Waals surface area (Å²) in [6.07, 6.45) is 8.19. The first-order valence-electron chi connectivity index (χ1n) is 10.4. The van der Waals surface area contributed by atoms with E-state index >= 15 is 0 Å². The van der Waals surface area contributed by atoms with E-state index in [4.69, 9.17) is 18.9 Å². The molecule has 6 rings (SSSR count). The average Bonchev–Trinajstić information content (AvgIpc) is 3.05. The van der Waals surface area contributed by atoms with Crippen molar-refractivity contribution in [2.24, 2.45) is 17.3 Å². The van der Waals surface area contributed by atoms with Gasteiger partial charge in [0, 0.05) is 18.4 Å². The minimum absolute atomic E-state index is 0.142. The van der Waals surface area contributed by atoms with Crippen LogP contribution in [0.25, 0.3) is 0 Å². The molecule has 6 heteroatoms. The molecule has 1 N–H and O–H groups in total. The molecule has 2 bridgehead atoms. The number of hydrogen-bond donors (Lipinski definition) is 1. The second-order valence-electron chi connectivity index (χ2n) is 9.24. The van der Waals surface area contributed by atoms with Gasteiger partial charge in [-0.15, -0.1) is 0 Å². The standard InChI is InChI=1S/C21H29NO5/c1-22-9-8-19-16-13-4-5-14(24-2)17(16)27-18(19)21(25-10-3-11-26-21)7-6-20(19,23)15(22)12-13/h4-5,13,15-16,18,23H,3,6-12H2,1-2H3/t13?,15-,16?,18?,19+,20?/m1/s1. The number of aliphatic hydroxyl groups is 1. The summed E-state index contributed by atoms with van der Waals surface area (Å²) in [6.45, 7) is 2.35. The van der Waals surface area contributed by atoms with Crippen molar-refractivity contribution in [3.63, 3.8) is 0 Å². The lowest BCUT2D eigenvalue weighted by Gasteiger charge is -2.68. The van der Waals surface area contributed by atoms with Gasteiger partial charge in [0.15, 0.2) is 11.9 Å². The zero-order chi connectivity index (χ0) is 18.4. The summed E-state index contributed by atoms with van der Waals surface area (Å²) < 4.78 is 25.0. The SMILES string of the molecule is COC1=C2OC3C4(CCC5(O)[C@H]6CC(C=C1)C2[C@@]35CCN6C)OCCCO4. The molecule has 6 aliphatic rings. The fourth-order valence-electron chi connectivity index (χ4n) is 7.37. The molecule has 0 radical (unpaired) electrons. The number of allylic oxidation sites excluding steroid dienone is 3. The highest BCUT2D eigenvalue weighted by atomic mass is 16.7. The highest BCUT2D eigenvalue weighted by molar-refractivity contribution is 5.39. The van der Waals surface area contributed by atoms with Gasteiger partial charge in [0.05, 0.1) is 31.3 Å². The normalized spacial score (nSPS) is 49.7. The molecule has 6 atom stereocenters. The first-order chi connectivity index (χ1) is 13.1. The molecular formula is C21H29NO5. The molecule has 27 heavy (non-hydrogen) atoms. The maximum atomic E-state index is 12.2. The highest BCUT2D eigenvalue weighted by Crippen LogP contribution is 2.71. The summed E-state index contributed by atoms with van der Waals surface area (Å²) >= 11 is 0. The topological polar surface area (TPSA) is 60.4 Å². The van der Waals surface area contributed by atoms with Gasteiger partial charge in [-0.2, -0.15) is 0 Å². The van der Waals surface area contributed by atoms with Crippen molar-refractivity contribution in [2.75, 3.05) is 33.9 Å². The van der Waals surface area contributed by atoms with Crippen molar-refractivity contribution in [2.45, 2.75) is 55.6 Å². The second kappa shape index (κ2) is 5.29. The van der Waals surface area contributed by atoms with Gasteiger partial charge in [-0.25, -0.2) is 0 Å². The van der Waals surface area contributed by atoms with Gasteiger partial charge in [0.1, 0.15) is 5.76 Å². The molecule has 0 aromatic carbocycles. The Hall–Kier alpha value is -1.08. The summed E-state index contributed by atoms with van der Waals surface area (Å²) in [5.41, 5.74) is -1.17. The highest BCUT2D eigenvalue weighted by Gasteiger charge is 2.80. The fourth-order valence-corrected chi connectivity index (χ4v) is 7.37. The molecule has 148 valence electrons. The molecular weight excluding hydrogens is 346 g/mol. The zero-order valence-electron chi connectivity index (χ0n) is 16.1. The Morgan fingerprint density at radius 2 is 2.04 bits per heavy atom. The molecule has 0 aromatic heterocycles. The van der Waals surface area contributed by atoms with E-state index in [0.29, 0.717) is 32.0 Å². The van der Waals surface area contributed by atoms with E-state index in [-0.39, 0.29) is 23.5 Å². The quantitative estimate of drug-likeness (QED) is 0.754. The number of piperidine rings is 1. The van der Waals surface area contributed by atoms with Crippen molar-refractivity contribution in [3.8, 4) is 0 Å². The Bertz CT molecular complexity index is 728. The van der Waals surface area contributed by atoms with E-state index in [1.807, 2.05) is 0 Å². The van der Waals surface area contributed by atoms with Crippen LogP contribution in [0.15, 0.2) is 23.7 Å². The monoisotopic (exact) mass is 375 g/mol. The van der Waals surface area contributed by atoms with Gasteiger partial charge >= 0.3 is 0 Å². The van der Waals surface area contributed by atoms with Crippen LogP contribution < -0.4 is 0 Å². The van der Waals surface area contributed by atoms with E-state index in [1.165, 1.54) is 0 Å². The smallest absolute Gasteiger partial charge is 0.206 e. The van der Waals surface area contributed by atoms with Crippen LogP contribution in [0, 0.1) is 17.3 Å². The van der Waals surface area contributed by atoms with E-state index in [0.717, 1.165) is 37.3 Å². The number of rotatable bonds is 1. The van der Waals surface area contributed by atoms with Gasteiger partial charge in [-0.3, -0.25) is 0 Å². The van der Waals surface area contributed by atoms with Crippen LogP contribution in [-0.2, 0) is 18.9 Å². The van der Waals surface area contributed by atoms with Crippen LogP contribution in [0.4, 0.5) is 0 Å². The molecule has 3 heterocycles. The Morgan fingerprint density at radius 3 is 2.81 bits per heavy atom. The lowest BCUT2D eigenvalue weighted by Crippen LogP contribution is -2.79. The molecule has 5 fully saturated rings. The Kier molecular flexibility index (Phi) is 3.30. The number of hydrogen-bond acceptors (Lipinski definition) is 6. The maximum absolute atomic E-state index is 12.2. The van der Waals surface area contributed by atoms with Gasteiger partial charge in [-0.1, -0.05) is 6.08 Å². The maximum Gasteiger partial charge on any atom is 0.206 e. The van der Waals surface area contributed by atoms with Crippen LogP contribution in [0.2, 0.25) is 0 Å². The van der Waals surface area contributed by atoms with Gasteiger partial charge in [0.2, 0.25) is 5.79 Å². The van der Waals surface area contributed by atoms with Gasteiger partial charge in [-0.05, 0) is 51.3 Å². The molecule has 0 aromatic rings. The van der Waals surface area contributed by atoms with Crippen molar-refractivity contribution < 1.29 is 24.1 Å². The Balaban J connectivity index is 1.57. The molecule has 4 unspecified atom stereocenters. The number of likely N-dealkylation sites (N-methyl/N-ethyl adjacent to an activating group) is 1. The first-order valence-corrected chi connectivity index (χ1v) is 10.4. The molecule has 2 saturated carbocycles. The predicted molar refractivity (Wildman–Crippen MR) is 96.5 cm³/mol. The third-order valence-corrected chi connectivity index (χ3v) is 8.43. The Labute approximate surface area is 160 Å². The lowest BCUT2D eigenvalue weighted by molar-refractivity contribution is -0.374. The van der Waals surface area contributed by atoms with E-state index < -0.39 is 11.4 Å². The van der Waals surface area contributed by atoms with E-state index in [9.17, 15) is 5.11 Å². The second-order valence-corrected chi connectivity index (χ2v) is 9.24.